The molecular formula is C14H15N5O2. The predicted molar refractivity (Wildman–Crippen MR) is 77.7 cm³/mol. The highest BCUT2D eigenvalue weighted by Crippen LogP contribution is 2.25. The molecular weight excluding hydrogens is 270 g/mol. The molecule has 1 unspecified atom stereocenters. The molecule has 0 radical (unpaired) electrons. The first-order valence-electron chi connectivity index (χ1n) is 6.24. The van der Waals surface area contributed by atoms with E-state index in [1.165, 1.54) is 17.9 Å². The van der Waals surface area contributed by atoms with Gasteiger partial charge in [-0.15, -0.1) is 0 Å². The number of rotatable bonds is 4. The average molecular weight is 285 g/mol. The molecule has 0 fully saturated rings. The van der Waals surface area contributed by atoms with Crippen molar-refractivity contribution in [2.45, 2.75) is 13.0 Å². The molecule has 0 aliphatic heterocycles. The van der Waals surface area contributed by atoms with E-state index < -0.39 is 6.04 Å². The first-order valence-corrected chi connectivity index (χ1v) is 6.24. The number of carbonyl (C=O) groups excluding carboxylic acids is 1. The molecule has 1 heterocycles. The second-order valence-electron chi connectivity index (χ2n) is 4.39. The van der Waals surface area contributed by atoms with Crippen molar-refractivity contribution in [1.82, 2.24) is 9.55 Å². The Hall–Kier alpha value is -3.01. The SMILES string of the molecule is COc1ccc(NC(=O)C(C)n2ccnc2C#N)c(N)c1. The van der Waals surface area contributed by atoms with E-state index in [0.717, 1.165) is 0 Å². The largest absolute Gasteiger partial charge is 0.497 e. The molecule has 0 saturated heterocycles. The number of amides is 1. The number of hydrogen-bond acceptors (Lipinski definition) is 5. The van der Waals surface area contributed by atoms with Crippen molar-refractivity contribution >= 4 is 17.3 Å². The molecule has 1 aromatic heterocycles. The van der Waals surface area contributed by atoms with Crippen LogP contribution in [-0.2, 0) is 4.79 Å². The molecule has 108 valence electrons. The van der Waals surface area contributed by atoms with Gasteiger partial charge in [-0.05, 0) is 19.1 Å². The molecule has 7 heteroatoms. The van der Waals surface area contributed by atoms with Crippen LogP contribution in [0.1, 0.15) is 18.8 Å². The summed E-state index contributed by atoms with van der Waals surface area (Å²) in [6.07, 6.45) is 3.06. The van der Waals surface area contributed by atoms with Gasteiger partial charge in [-0.25, -0.2) is 4.98 Å². The summed E-state index contributed by atoms with van der Waals surface area (Å²) in [7, 11) is 1.54. The van der Waals surface area contributed by atoms with E-state index in [2.05, 4.69) is 10.3 Å². The fraction of sp³-hybridized carbons (Fsp3) is 0.214. The summed E-state index contributed by atoms with van der Waals surface area (Å²) in [6, 6.07) is 6.34. The maximum Gasteiger partial charge on any atom is 0.247 e. The van der Waals surface area contributed by atoms with Crippen molar-refractivity contribution in [3.63, 3.8) is 0 Å². The van der Waals surface area contributed by atoms with E-state index >= 15 is 0 Å². The van der Waals surface area contributed by atoms with Crippen LogP contribution < -0.4 is 15.8 Å². The van der Waals surface area contributed by atoms with Crippen molar-refractivity contribution in [3.05, 3.63) is 36.4 Å². The van der Waals surface area contributed by atoms with E-state index in [0.29, 0.717) is 17.1 Å². The monoisotopic (exact) mass is 285 g/mol. The Kier molecular flexibility index (Phi) is 4.09. The summed E-state index contributed by atoms with van der Waals surface area (Å²) >= 11 is 0. The van der Waals surface area contributed by atoms with Crippen molar-refractivity contribution in [2.75, 3.05) is 18.2 Å². The summed E-state index contributed by atoms with van der Waals surface area (Å²) < 4.78 is 6.55. The topological polar surface area (TPSA) is 106 Å². The van der Waals surface area contributed by atoms with Gasteiger partial charge in [0.25, 0.3) is 0 Å². The molecule has 2 rings (SSSR count). The first-order chi connectivity index (χ1) is 10.1. The molecule has 0 aliphatic rings. The van der Waals surface area contributed by atoms with Crippen LogP contribution in [0.2, 0.25) is 0 Å². The lowest BCUT2D eigenvalue weighted by atomic mass is 10.2. The minimum atomic E-state index is -0.580. The predicted octanol–water partition coefficient (Wildman–Crippen LogP) is 1.55. The number of anilines is 2. The lowest BCUT2D eigenvalue weighted by Gasteiger charge is -2.15. The summed E-state index contributed by atoms with van der Waals surface area (Å²) in [4.78, 5) is 16.1. The quantitative estimate of drug-likeness (QED) is 0.829. The molecule has 0 bridgehead atoms. The molecule has 1 amide bonds. The summed E-state index contributed by atoms with van der Waals surface area (Å²) in [5.41, 5.74) is 6.75. The molecule has 1 atom stereocenters. The number of methoxy groups -OCH3 is 1. The van der Waals surface area contributed by atoms with Crippen molar-refractivity contribution in [1.29, 1.82) is 5.26 Å². The van der Waals surface area contributed by atoms with Gasteiger partial charge in [0.1, 0.15) is 17.9 Å². The van der Waals surface area contributed by atoms with Gasteiger partial charge >= 0.3 is 0 Å². The van der Waals surface area contributed by atoms with E-state index in [1.807, 2.05) is 6.07 Å². The van der Waals surface area contributed by atoms with Gasteiger partial charge in [-0.3, -0.25) is 4.79 Å². The molecule has 0 saturated carbocycles. The Bertz CT molecular complexity index is 702. The van der Waals surface area contributed by atoms with Crippen molar-refractivity contribution in [2.24, 2.45) is 0 Å². The minimum Gasteiger partial charge on any atom is -0.497 e. The Balaban J connectivity index is 2.17. The maximum atomic E-state index is 12.2. The van der Waals surface area contributed by atoms with Gasteiger partial charge in [-0.1, -0.05) is 0 Å². The number of hydrogen-bond donors (Lipinski definition) is 2. The lowest BCUT2D eigenvalue weighted by molar-refractivity contribution is -0.118. The number of aromatic nitrogens is 2. The Labute approximate surface area is 122 Å². The number of carbonyl (C=O) groups is 1. The highest BCUT2D eigenvalue weighted by molar-refractivity contribution is 5.96. The highest BCUT2D eigenvalue weighted by Gasteiger charge is 2.18. The zero-order valence-electron chi connectivity index (χ0n) is 11.7. The number of nitriles is 1. The summed E-state index contributed by atoms with van der Waals surface area (Å²) in [6.45, 7) is 1.68. The molecule has 0 aliphatic carbocycles. The fourth-order valence-electron chi connectivity index (χ4n) is 1.86. The van der Waals surface area contributed by atoms with Crippen LogP contribution in [0.5, 0.6) is 5.75 Å². The molecule has 1 aromatic carbocycles. The van der Waals surface area contributed by atoms with Gasteiger partial charge in [-0.2, -0.15) is 5.26 Å². The van der Waals surface area contributed by atoms with E-state index in [1.54, 1.807) is 31.3 Å². The number of nitrogens with zero attached hydrogens (tertiary/aromatic N) is 3. The van der Waals surface area contributed by atoms with Crippen LogP contribution in [0.3, 0.4) is 0 Å². The summed E-state index contributed by atoms with van der Waals surface area (Å²) in [5, 5.41) is 11.7. The van der Waals surface area contributed by atoms with Gasteiger partial charge < -0.3 is 20.4 Å². The van der Waals surface area contributed by atoms with E-state index in [9.17, 15) is 4.79 Å². The molecule has 3 N–H and O–H groups in total. The van der Waals surface area contributed by atoms with Crippen LogP contribution in [-0.4, -0.2) is 22.6 Å². The van der Waals surface area contributed by atoms with E-state index in [4.69, 9.17) is 15.7 Å². The Morgan fingerprint density at radius 3 is 2.95 bits per heavy atom. The molecule has 2 aromatic rings. The molecule has 7 nitrogen and oxygen atoms in total. The minimum absolute atomic E-state index is 0.181. The van der Waals surface area contributed by atoms with Crippen molar-refractivity contribution in [3.8, 4) is 11.8 Å². The second kappa shape index (κ2) is 5.96. The first kappa shape index (κ1) is 14.4. The fourth-order valence-corrected chi connectivity index (χ4v) is 1.86. The Morgan fingerprint density at radius 2 is 2.33 bits per heavy atom. The van der Waals surface area contributed by atoms with Crippen LogP contribution in [0.25, 0.3) is 0 Å². The van der Waals surface area contributed by atoms with E-state index in [-0.39, 0.29) is 11.7 Å². The van der Waals surface area contributed by atoms with Gasteiger partial charge in [0.05, 0.1) is 18.5 Å². The number of imidazole rings is 1. The van der Waals surface area contributed by atoms with Crippen LogP contribution in [0.4, 0.5) is 11.4 Å². The number of ether oxygens (including phenoxy) is 1. The zero-order valence-corrected chi connectivity index (χ0v) is 11.7. The Morgan fingerprint density at radius 1 is 1.57 bits per heavy atom. The highest BCUT2D eigenvalue weighted by atomic mass is 16.5. The normalized spacial score (nSPS) is 11.5. The third-order valence-electron chi connectivity index (χ3n) is 3.08. The summed E-state index contributed by atoms with van der Waals surface area (Å²) in [5.74, 6) is 0.502. The van der Waals surface area contributed by atoms with Crippen LogP contribution in [0.15, 0.2) is 30.6 Å². The van der Waals surface area contributed by atoms with Crippen molar-refractivity contribution < 1.29 is 9.53 Å². The number of nitrogens with one attached hydrogen (secondary N) is 1. The molecule has 0 spiro atoms. The number of nitrogen functional groups attached to an aromatic ring is 1. The third kappa shape index (κ3) is 2.95. The molecule has 21 heavy (non-hydrogen) atoms. The smallest absolute Gasteiger partial charge is 0.247 e. The zero-order chi connectivity index (χ0) is 15.4. The van der Waals surface area contributed by atoms with Gasteiger partial charge in [0.15, 0.2) is 0 Å². The lowest BCUT2D eigenvalue weighted by Crippen LogP contribution is -2.24. The third-order valence-corrected chi connectivity index (χ3v) is 3.08. The average Bonchev–Trinajstić information content (AvgIpc) is 2.96. The van der Waals surface area contributed by atoms with Crippen LogP contribution >= 0.6 is 0 Å². The van der Waals surface area contributed by atoms with Gasteiger partial charge in [0, 0.05) is 18.5 Å². The number of nitrogens with two attached hydrogens (primary N) is 1. The van der Waals surface area contributed by atoms with Gasteiger partial charge in [0.2, 0.25) is 11.7 Å². The second-order valence-corrected chi connectivity index (χ2v) is 4.39. The standard InChI is InChI=1S/C14H15N5O2/c1-9(19-6-5-17-13(19)8-15)14(20)18-12-4-3-10(21-2)7-11(12)16/h3-7,9H,16H2,1-2H3,(H,18,20). The number of benzene rings is 1. The maximum absolute atomic E-state index is 12.2. The van der Waals surface area contributed by atoms with Crippen LogP contribution in [0, 0.1) is 11.3 Å².